The van der Waals surface area contributed by atoms with E-state index < -0.39 is 0 Å². The van der Waals surface area contributed by atoms with Crippen molar-refractivity contribution in [1.29, 1.82) is 0 Å². The first kappa shape index (κ1) is 16.1. The van der Waals surface area contributed by atoms with Crippen LogP contribution in [-0.2, 0) is 11.3 Å². The second-order valence-electron chi connectivity index (χ2n) is 4.65. The van der Waals surface area contributed by atoms with Gasteiger partial charge in [0.1, 0.15) is 0 Å². The lowest BCUT2D eigenvalue weighted by atomic mass is 10.2. The highest BCUT2D eigenvalue weighted by molar-refractivity contribution is 9.10. The molecule has 0 amide bonds. The van der Waals surface area contributed by atoms with Gasteiger partial charge >= 0.3 is 0 Å². The van der Waals surface area contributed by atoms with E-state index in [9.17, 15) is 10.1 Å². The normalized spacial score (nSPS) is 10.9. The molecule has 106 valence electrons. The Bertz CT molecular complexity index is 424. The van der Waals surface area contributed by atoms with Crippen molar-refractivity contribution in [1.82, 2.24) is 5.32 Å². The summed E-state index contributed by atoms with van der Waals surface area (Å²) in [6, 6.07) is 5.04. The standard InChI is InChI=1S/C13H19BrN2O3/c1-10(2)9-19-7-6-15-8-11-4-3-5-12(13(11)14)16(17)18/h3-5,10,15H,6-9H2,1-2H3. The molecule has 0 unspecified atom stereocenters. The molecule has 0 heterocycles. The monoisotopic (exact) mass is 330 g/mol. The molecule has 0 saturated heterocycles. The molecule has 1 aromatic carbocycles. The van der Waals surface area contributed by atoms with Crippen LogP contribution in [0.25, 0.3) is 0 Å². The van der Waals surface area contributed by atoms with E-state index in [2.05, 4.69) is 35.1 Å². The number of rotatable bonds is 8. The summed E-state index contributed by atoms with van der Waals surface area (Å²) in [7, 11) is 0. The highest BCUT2D eigenvalue weighted by Gasteiger charge is 2.14. The van der Waals surface area contributed by atoms with Crippen molar-refractivity contribution < 1.29 is 9.66 Å². The first-order valence-corrected chi connectivity index (χ1v) is 7.02. The molecule has 6 heteroatoms. The largest absolute Gasteiger partial charge is 0.380 e. The molecule has 0 fully saturated rings. The fraction of sp³-hybridized carbons (Fsp3) is 0.538. The summed E-state index contributed by atoms with van der Waals surface area (Å²) >= 11 is 3.27. The maximum absolute atomic E-state index is 10.8. The highest BCUT2D eigenvalue weighted by Crippen LogP contribution is 2.27. The van der Waals surface area contributed by atoms with Crippen molar-refractivity contribution in [3.63, 3.8) is 0 Å². The molecule has 0 aliphatic carbocycles. The number of ether oxygens (including phenoxy) is 1. The second kappa shape index (κ2) is 8.24. The van der Waals surface area contributed by atoms with Gasteiger partial charge in [-0.05, 0) is 27.4 Å². The summed E-state index contributed by atoms with van der Waals surface area (Å²) in [5.41, 5.74) is 0.966. The molecule has 0 spiro atoms. The number of nitrogens with zero attached hydrogens (tertiary/aromatic N) is 1. The Morgan fingerprint density at radius 3 is 2.84 bits per heavy atom. The summed E-state index contributed by atoms with van der Waals surface area (Å²) in [6.45, 7) is 6.91. The Morgan fingerprint density at radius 2 is 2.21 bits per heavy atom. The number of nitrogens with one attached hydrogen (secondary N) is 1. The van der Waals surface area contributed by atoms with E-state index in [1.54, 1.807) is 6.07 Å². The molecule has 1 aromatic rings. The Kier molecular flexibility index (Phi) is 6.97. The van der Waals surface area contributed by atoms with Gasteiger partial charge in [0.25, 0.3) is 5.69 Å². The minimum atomic E-state index is -0.390. The fourth-order valence-electron chi connectivity index (χ4n) is 1.53. The zero-order chi connectivity index (χ0) is 14.3. The molecular formula is C13H19BrN2O3. The lowest BCUT2D eigenvalue weighted by Gasteiger charge is -2.09. The number of halogens is 1. The molecular weight excluding hydrogens is 312 g/mol. The van der Waals surface area contributed by atoms with Crippen LogP contribution in [0.4, 0.5) is 5.69 Å². The topological polar surface area (TPSA) is 64.4 Å². The lowest BCUT2D eigenvalue weighted by Crippen LogP contribution is -2.20. The summed E-state index contributed by atoms with van der Waals surface area (Å²) in [5, 5.41) is 14.0. The van der Waals surface area contributed by atoms with Crippen LogP contribution < -0.4 is 5.32 Å². The van der Waals surface area contributed by atoms with E-state index in [0.29, 0.717) is 23.5 Å². The maximum atomic E-state index is 10.8. The third-order valence-electron chi connectivity index (χ3n) is 2.44. The number of benzene rings is 1. The van der Waals surface area contributed by atoms with Crippen LogP contribution in [0.2, 0.25) is 0 Å². The van der Waals surface area contributed by atoms with E-state index in [0.717, 1.165) is 18.7 Å². The van der Waals surface area contributed by atoms with Crippen molar-refractivity contribution in [3.05, 3.63) is 38.3 Å². The molecule has 0 radical (unpaired) electrons. The van der Waals surface area contributed by atoms with Crippen LogP contribution in [-0.4, -0.2) is 24.7 Å². The molecule has 0 aromatic heterocycles. The Hall–Kier alpha value is -0.980. The molecule has 0 atom stereocenters. The van der Waals surface area contributed by atoms with Gasteiger partial charge in [-0.15, -0.1) is 0 Å². The SMILES string of the molecule is CC(C)COCCNCc1cccc([N+](=O)[O-])c1Br. The Balaban J connectivity index is 2.37. The Labute approximate surface area is 121 Å². The van der Waals surface area contributed by atoms with Crippen LogP contribution in [0.15, 0.2) is 22.7 Å². The van der Waals surface area contributed by atoms with Gasteiger partial charge in [0, 0.05) is 25.8 Å². The zero-order valence-corrected chi connectivity index (χ0v) is 12.8. The summed E-state index contributed by atoms with van der Waals surface area (Å²) in [5.74, 6) is 0.533. The van der Waals surface area contributed by atoms with Gasteiger partial charge in [-0.2, -0.15) is 0 Å². The number of nitro groups is 1. The van der Waals surface area contributed by atoms with E-state index in [1.807, 2.05) is 6.07 Å². The molecule has 0 saturated carbocycles. The number of nitro benzene ring substituents is 1. The van der Waals surface area contributed by atoms with Gasteiger partial charge in [0.2, 0.25) is 0 Å². The van der Waals surface area contributed by atoms with Crippen LogP contribution >= 0.6 is 15.9 Å². The molecule has 19 heavy (non-hydrogen) atoms. The minimum Gasteiger partial charge on any atom is -0.380 e. The summed E-state index contributed by atoms with van der Waals surface area (Å²) in [4.78, 5) is 10.4. The third-order valence-corrected chi connectivity index (χ3v) is 3.36. The smallest absolute Gasteiger partial charge is 0.283 e. The molecule has 1 rings (SSSR count). The summed E-state index contributed by atoms with van der Waals surface area (Å²) < 4.78 is 5.98. The van der Waals surface area contributed by atoms with Gasteiger partial charge in [-0.3, -0.25) is 10.1 Å². The number of hydrogen-bond acceptors (Lipinski definition) is 4. The average molecular weight is 331 g/mol. The number of hydrogen-bond donors (Lipinski definition) is 1. The van der Waals surface area contributed by atoms with Crippen molar-refractivity contribution in [2.45, 2.75) is 20.4 Å². The van der Waals surface area contributed by atoms with E-state index in [4.69, 9.17) is 4.74 Å². The molecule has 5 nitrogen and oxygen atoms in total. The van der Waals surface area contributed by atoms with Crippen molar-refractivity contribution in [3.8, 4) is 0 Å². The quantitative estimate of drug-likeness (QED) is 0.452. The van der Waals surface area contributed by atoms with Gasteiger partial charge in [0.15, 0.2) is 0 Å². The predicted molar refractivity (Wildman–Crippen MR) is 78.2 cm³/mol. The van der Waals surface area contributed by atoms with E-state index in [-0.39, 0.29) is 10.6 Å². The van der Waals surface area contributed by atoms with Gasteiger partial charge in [-0.1, -0.05) is 26.0 Å². The van der Waals surface area contributed by atoms with Crippen molar-refractivity contribution in [2.24, 2.45) is 5.92 Å². The van der Waals surface area contributed by atoms with Crippen molar-refractivity contribution >= 4 is 21.6 Å². The average Bonchev–Trinajstić information content (AvgIpc) is 2.34. The molecule has 0 aliphatic heterocycles. The van der Waals surface area contributed by atoms with Crippen LogP contribution in [0, 0.1) is 16.0 Å². The second-order valence-corrected chi connectivity index (χ2v) is 5.45. The van der Waals surface area contributed by atoms with E-state index in [1.165, 1.54) is 6.07 Å². The first-order chi connectivity index (χ1) is 9.02. The maximum Gasteiger partial charge on any atom is 0.283 e. The van der Waals surface area contributed by atoms with E-state index >= 15 is 0 Å². The predicted octanol–water partition coefficient (Wildman–Crippen LogP) is 3.12. The summed E-state index contributed by atoms with van der Waals surface area (Å²) in [6.07, 6.45) is 0. The van der Waals surface area contributed by atoms with Gasteiger partial charge in [0.05, 0.1) is 16.0 Å². The molecule has 0 aliphatic rings. The van der Waals surface area contributed by atoms with Crippen LogP contribution in [0.5, 0.6) is 0 Å². The van der Waals surface area contributed by atoms with Crippen molar-refractivity contribution in [2.75, 3.05) is 19.8 Å². The van der Waals surface area contributed by atoms with Crippen LogP contribution in [0.3, 0.4) is 0 Å². The van der Waals surface area contributed by atoms with Gasteiger partial charge in [-0.25, -0.2) is 0 Å². The third kappa shape index (κ3) is 5.67. The zero-order valence-electron chi connectivity index (χ0n) is 11.2. The first-order valence-electron chi connectivity index (χ1n) is 6.22. The highest BCUT2D eigenvalue weighted by atomic mass is 79.9. The minimum absolute atomic E-state index is 0.0929. The fourth-order valence-corrected chi connectivity index (χ4v) is 2.08. The molecule has 1 N–H and O–H groups in total. The lowest BCUT2D eigenvalue weighted by molar-refractivity contribution is -0.385. The van der Waals surface area contributed by atoms with Crippen LogP contribution in [0.1, 0.15) is 19.4 Å². The molecule has 0 bridgehead atoms. The van der Waals surface area contributed by atoms with Gasteiger partial charge < -0.3 is 10.1 Å². The Morgan fingerprint density at radius 1 is 1.47 bits per heavy atom.